The van der Waals surface area contributed by atoms with Gasteiger partial charge in [-0.1, -0.05) is 12.1 Å². The average molecular weight is 263 g/mol. The fourth-order valence-electron chi connectivity index (χ4n) is 1.58. The van der Waals surface area contributed by atoms with Gasteiger partial charge in [-0.25, -0.2) is 4.79 Å². The fraction of sp³-hybridized carbons (Fsp3) is 0.308. The van der Waals surface area contributed by atoms with Crippen LogP contribution in [0.1, 0.15) is 29.2 Å². The highest BCUT2D eigenvalue weighted by Crippen LogP contribution is 2.20. The Bertz CT molecular complexity index is 532. The van der Waals surface area contributed by atoms with Crippen molar-refractivity contribution in [3.63, 3.8) is 0 Å². The molecule has 100 valence electrons. The summed E-state index contributed by atoms with van der Waals surface area (Å²) >= 11 is 0. The van der Waals surface area contributed by atoms with Crippen LogP contribution in [0.5, 0.6) is 0 Å². The molecule has 1 aromatic rings. The van der Waals surface area contributed by atoms with E-state index in [9.17, 15) is 14.7 Å². The SMILES string of the molecule is COC(=O)CCc1ccc(C(O)C(=O)O)c(C#N)c1. The van der Waals surface area contributed by atoms with E-state index in [1.165, 1.54) is 19.2 Å². The Morgan fingerprint density at radius 2 is 2.16 bits per heavy atom. The van der Waals surface area contributed by atoms with Crippen molar-refractivity contribution in [2.24, 2.45) is 0 Å². The lowest BCUT2D eigenvalue weighted by atomic mass is 9.98. The summed E-state index contributed by atoms with van der Waals surface area (Å²) in [7, 11) is 1.29. The van der Waals surface area contributed by atoms with Gasteiger partial charge in [0, 0.05) is 12.0 Å². The highest BCUT2D eigenvalue weighted by Gasteiger charge is 2.19. The van der Waals surface area contributed by atoms with Crippen molar-refractivity contribution in [1.82, 2.24) is 0 Å². The van der Waals surface area contributed by atoms with Gasteiger partial charge in [-0.05, 0) is 18.1 Å². The lowest BCUT2D eigenvalue weighted by molar-refractivity contribution is -0.147. The summed E-state index contributed by atoms with van der Waals surface area (Å²) in [6.07, 6.45) is -1.18. The third-order valence-corrected chi connectivity index (χ3v) is 2.61. The van der Waals surface area contributed by atoms with E-state index in [4.69, 9.17) is 10.4 Å². The number of carboxylic acid groups (broad SMARTS) is 1. The zero-order valence-electron chi connectivity index (χ0n) is 10.3. The van der Waals surface area contributed by atoms with Gasteiger partial charge in [0.15, 0.2) is 6.10 Å². The number of ether oxygens (including phenoxy) is 1. The van der Waals surface area contributed by atoms with Gasteiger partial charge in [0.1, 0.15) is 0 Å². The van der Waals surface area contributed by atoms with Crippen molar-refractivity contribution in [2.75, 3.05) is 7.11 Å². The van der Waals surface area contributed by atoms with Crippen LogP contribution in [0.3, 0.4) is 0 Å². The number of esters is 1. The van der Waals surface area contributed by atoms with Gasteiger partial charge in [0.2, 0.25) is 0 Å². The standard InChI is InChI=1S/C13H13NO5/c1-19-11(15)5-3-8-2-4-10(9(6-8)7-14)12(16)13(17)18/h2,4,6,12,16H,3,5H2,1H3,(H,17,18). The number of aliphatic hydroxyl groups is 1. The Balaban J connectivity index is 2.94. The number of carbonyl (C=O) groups is 2. The van der Waals surface area contributed by atoms with Crippen molar-refractivity contribution in [3.8, 4) is 6.07 Å². The minimum Gasteiger partial charge on any atom is -0.479 e. The van der Waals surface area contributed by atoms with E-state index in [2.05, 4.69) is 4.74 Å². The van der Waals surface area contributed by atoms with Crippen LogP contribution in [0.25, 0.3) is 0 Å². The number of hydrogen-bond donors (Lipinski definition) is 2. The molecule has 6 heteroatoms. The predicted molar refractivity (Wildman–Crippen MR) is 64.1 cm³/mol. The van der Waals surface area contributed by atoms with Gasteiger partial charge in [0.05, 0.1) is 18.7 Å². The molecule has 0 aliphatic carbocycles. The zero-order chi connectivity index (χ0) is 14.4. The van der Waals surface area contributed by atoms with Gasteiger partial charge in [-0.3, -0.25) is 4.79 Å². The highest BCUT2D eigenvalue weighted by molar-refractivity contribution is 5.75. The Morgan fingerprint density at radius 1 is 1.47 bits per heavy atom. The molecule has 0 saturated heterocycles. The third-order valence-electron chi connectivity index (χ3n) is 2.61. The normalized spacial score (nSPS) is 11.4. The largest absolute Gasteiger partial charge is 0.479 e. The molecule has 0 amide bonds. The number of benzene rings is 1. The van der Waals surface area contributed by atoms with E-state index in [0.717, 1.165) is 0 Å². The first kappa shape index (κ1) is 14.7. The van der Waals surface area contributed by atoms with E-state index >= 15 is 0 Å². The molecule has 0 aromatic heterocycles. The summed E-state index contributed by atoms with van der Waals surface area (Å²) in [4.78, 5) is 21.7. The van der Waals surface area contributed by atoms with Crippen LogP contribution in [-0.4, -0.2) is 29.3 Å². The molecule has 1 unspecified atom stereocenters. The number of carboxylic acids is 1. The molecule has 19 heavy (non-hydrogen) atoms. The lowest BCUT2D eigenvalue weighted by Crippen LogP contribution is -2.12. The molecule has 0 heterocycles. The van der Waals surface area contributed by atoms with Crippen LogP contribution in [-0.2, 0) is 20.7 Å². The third kappa shape index (κ3) is 3.79. The van der Waals surface area contributed by atoms with Crippen LogP contribution >= 0.6 is 0 Å². The van der Waals surface area contributed by atoms with E-state index < -0.39 is 12.1 Å². The molecule has 2 N–H and O–H groups in total. The molecule has 0 fully saturated rings. The first-order chi connectivity index (χ1) is 8.99. The number of aryl methyl sites for hydroxylation is 1. The van der Waals surface area contributed by atoms with Crippen molar-refractivity contribution < 1.29 is 24.5 Å². The van der Waals surface area contributed by atoms with Crippen LogP contribution in [0.2, 0.25) is 0 Å². The molecular weight excluding hydrogens is 250 g/mol. The number of methoxy groups -OCH3 is 1. The van der Waals surface area contributed by atoms with E-state index in [1.54, 1.807) is 6.07 Å². The van der Waals surface area contributed by atoms with E-state index in [-0.39, 0.29) is 23.5 Å². The van der Waals surface area contributed by atoms with Gasteiger partial charge in [-0.2, -0.15) is 5.26 Å². The fourth-order valence-corrected chi connectivity index (χ4v) is 1.58. The minimum absolute atomic E-state index is 0.0387. The topological polar surface area (TPSA) is 108 Å². The highest BCUT2D eigenvalue weighted by atomic mass is 16.5. The summed E-state index contributed by atoms with van der Waals surface area (Å²) in [5, 5.41) is 27.1. The molecule has 6 nitrogen and oxygen atoms in total. The minimum atomic E-state index is -1.73. The molecule has 1 aromatic carbocycles. The molecule has 0 aliphatic heterocycles. The van der Waals surface area contributed by atoms with Gasteiger partial charge in [0.25, 0.3) is 0 Å². The summed E-state index contributed by atoms with van der Waals surface area (Å²) in [5.74, 6) is -1.79. The summed E-state index contributed by atoms with van der Waals surface area (Å²) in [5.41, 5.74) is 0.817. The first-order valence-corrected chi connectivity index (χ1v) is 5.50. The number of hydrogen-bond acceptors (Lipinski definition) is 5. The van der Waals surface area contributed by atoms with Crippen molar-refractivity contribution in [2.45, 2.75) is 18.9 Å². The maximum absolute atomic E-state index is 11.0. The number of aliphatic carboxylic acids is 1. The molecule has 0 aliphatic rings. The number of nitriles is 1. The van der Waals surface area contributed by atoms with E-state index in [1.807, 2.05) is 6.07 Å². The molecule has 0 radical (unpaired) electrons. The number of aliphatic hydroxyl groups excluding tert-OH is 1. The number of nitrogens with zero attached hydrogens (tertiary/aromatic N) is 1. The van der Waals surface area contributed by atoms with Gasteiger partial charge < -0.3 is 14.9 Å². The Hall–Kier alpha value is -2.39. The van der Waals surface area contributed by atoms with Crippen LogP contribution in [0, 0.1) is 11.3 Å². The smallest absolute Gasteiger partial charge is 0.337 e. The summed E-state index contributed by atoms with van der Waals surface area (Å²) < 4.78 is 4.50. The second-order valence-corrected chi connectivity index (χ2v) is 3.85. The van der Waals surface area contributed by atoms with Crippen molar-refractivity contribution in [1.29, 1.82) is 5.26 Å². The summed E-state index contributed by atoms with van der Waals surface area (Å²) in [6.45, 7) is 0. The van der Waals surface area contributed by atoms with Crippen molar-refractivity contribution >= 4 is 11.9 Å². The Labute approximate surface area is 109 Å². The van der Waals surface area contributed by atoms with Gasteiger partial charge >= 0.3 is 11.9 Å². The molecular formula is C13H13NO5. The van der Waals surface area contributed by atoms with E-state index in [0.29, 0.717) is 12.0 Å². The first-order valence-electron chi connectivity index (χ1n) is 5.50. The Morgan fingerprint density at radius 3 is 2.68 bits per heavy atom. The molecule has 1 atom stereocenters. The van der Waals surface area contributed by atoms with Crippen LogP contribution < -0.4 is 0 Å². The maximum Gasteiger partial charge on any atom is 0.337 e. The second-order valence-electron chi connectivity index (χ2n) is 3.85. The monoisotopic (exact) mass is 263 g/mol. The number of carbonyl (C=O) groups excluding carboxylic acids is 1. The maximum atomic E-state index is 11.0. The van der Waals surface area contributed by atoms with Crippen LogP contribution in [0.4, 0.5) is 0 Å². The van der Waals surface area contributed by atoms with Gasteiger partial charge in [-0.15, -0.1) is 0 Å². The molecule has 0 spiro atoms. The number of rotatable bonds is 5. The second kappa shape index (κ2) is 6.52. The quantitative estimate of drug-likeness (QED) is 0.760. The average Bonchev–Trinajstić information content (AvgIpc) is 2.43. The van der Waals surface area contributed by atoms with Crippen LogP contribution in [0.15, 0.2) is 18.2 Å². The van der Waals surface area contributed by atoms with Crippen molar-refractivity contribution in [3.05, 3.63) is 34.9 Å². The Kier molecular flexibility index (Phi) is 5.03. The molecule has 0 saturated carbocycles. The predicted octanol–water partition coefficient (Wildman–Crippen LogP) is 0.782. The molecule has 0 bridgehead atoms. The zero-order valence-corrected chi connectivity index (χ0v) is 10.3. The summed E-state index contributed by atoms with van der Waals surface area (Å²) in [6, 6.07) is 6.25. The molecule has 1 rings (SSSR count). The lowest BCUT2D eigenvalue weighted by Gasteiger charge is -2.09.